The van der Waals surface area contributed by atoms with E-state index >= 15 is 0 Å². The van der Waals surface area contributed by atoms with E-state index in [4.69, 9.17) is 0 Å². The number of nitrogens with one attached hydrogen (secondary N) is 1. The van der Waals surface area contributed by atoms with Crippen LogP contribution in [0.3, 0.4) is 0 Å². The molecule has 0 amide bonds. The molecule has 2 aliphatic carbocycles. The molecule has 2 fully saturated rings. The van der Waals surface area contributed by atoms with Crippen molar-refractivity contribution >= 4 is 0 Å². The summed E-state index contributed by atoms with van der Waals surface area (Å²) in [6.45, 7) is 13.4. The number of hydrogen-bond acceptors (Lipinski definition) is 1. The van der Waals surface area contributed by atoms with E-state index in [0.717, 1.165) is 17.9 Å². The van der Waals surface area contributed by atoms with Crippen LogP contribution in [0.2, 0.25) is 0 Å². The van der Waals surface area contributed by atoms with E-state index in [1.165, 1.54) is 38.6 Å². The highest BCUT2D eigenvalue weighted by molar-refractivity contribution is 5.11. The molecular weight excluding hydrogens is 206 g/mol. The maximum absolute atomic E-state index is 3.90. The highest BCUT2D eigenvalue weighted by Crippen LogP contribution is 2.62. The average Bonchev–Trinajstić information content (AvgIpc) is 2.67. The molecule has 0 aromatic carbocycles. The first-order valence-corrected chi connectivity index (χ1v) is 7.59. The standard InChI is InChI=1S/C16H31N/c1-12(2)7-6-10-17-14-15(3,4)13-8-9-16(14,5)11-13/h12-14,17H,6-11H2,1-5H3/t13-,14?,16+/m0/s1. The molecule has 0 heterocycles. The summed E-state index contributed by atoms with van der Waals surface area (Å²) < 4.78 is 0. The third-order valence-corrected chi connectivity index (χ3v) is 5.58. The van der Waals surface area contributed by atoms with Gasteiger partial charge < -0.3 is 5.32 Å². The maximum atomic E-state index is 3.90. The maximum Gasteiger partial charge on any atom is 0.0175 e. The Balaban J connectivity index is 1.87. The summed E-state index contributed by atoms with van der Waals surface area (Å²) in [6.07, 6.45) is 7.07. The summed E-state index contributed by atoms with van der Waals surface area (Å²) in [5.41, 5.74) is 1.11. The lowest BCUT2D eigenvalue weighted by Crippen LogP contribution is -2.50. The summed E-state index contributed by atoms with van der Waals surface area (Å²) in [7, 11) is 0. The third-order valence-electron chi connectivity index (χ3n) is 5.58. The quantitative estimate of drug-likeness (QED) is 0.706. The van der Waals surface area contributed by atoms with Crippen LogP contribution in [0.15, 0.2) is 0 Å². The van der Waals surface area contributed by atoms with Gasteiger partial charge in [-0.3, -0.25) is 0 Å². The van der Waals surface area contributed by atoms with Gasteiger partial charge in [-0.15, -0.1) is 0 Å². The predicted octanol–water partition coefficient (Wildman–Crippen LogP) is 4.23. The Bertz CT molecular complexity index is 264. The molecule has 1 heteroatoms. The fourth-order valence-corrected chi connectivity index (χ4v) is 4.57. The molecule has 1 unspecified atom stereocenters. The molecule has 1 nitrogen and oxygen atoms in total. The van der Waals surface area contributed by atoms with Crippen molar-refractivity contribution in [2.45, 2.75) is 72.8 Å². The van der Waals surface area contributed by atoms with Gasteiger partial charge in [0.2, 0.25) is 0 Å². The summed E-state index contributed by atoms with van der Waals surface area (Å²) in [5.74, 6) is 1.82. The Hall–Kier alpha value is -0.0400. The highest BCUT2D eigenvalue weighted by Gasteiger charge is 2.58. The van der Waals surface area contributed by atoms with Crippen molar-refractivity contribution in [1.29, 1.82) is 0 Å². The molecule has 17 heavy (non-hydrogen) atoms. The van der Waals surface area contributed by atoms with Gasteiger partial charge in [-0.25, -0.2) is 0 Å². The summed E-state index contributed by atoms with van der Waals surface area (Å²) in [4.78, 5) is 0. The van der Waals surface area contributed by atoms with Gasteiger partial charge in [0.25, 0.3) is 0 Å². The van der Waals surface area contributed by atoms with Gasteiger partial charge in [0.1, 0.15) is 0 Å². The second kappa shape index (κ2) is 4.57. The van der Waals surface area contributed by atoms with Crippen LogP contribution in [0, 0.1) is 22.7 Å². The number of fused-ring (bicyclic) bond motifs is 2. The molecule has 1 N–H and O–H groups in total. The zero-order chi connectivity index (χ0) is 12.7. The lowest BCUT2D eigenvalue weighted by atomic mass is 9.68. The smallest absolute Gasteiger partial charge is 0.0175 e. The summed E-state index contributed by atoms with van der Waals surface area (Å²) >= 11 is 0. The SMILES string of the molecule is CC(C)CCCNC1C(C)(C)[C@H]2CC[C@]1(C)C2. The van der Waals surface area contributed by atoms with Gasteiger partial charge in [-0.1, -0.05) is 34.6 Å². The molecule has 2 rings (SSSR count). The zero-order valence-corrected chi connectivity index (χ0v) is 12.5. The molecule has 0 aliphatic heterocycles. The second-order valence-corrected chi connectivity index (χ2v) is 7.84. The Kier molecular flexibility index (Phi) is 3.60. The highest BCUT2D eigenvalue weighted by atomic mass is 15.0. The van der Waals surface area contributed by atoms with Crippen molar-refractivity contribution < 1.29 is 0 Å². The molecule has 0 aromatic rings. The first kappa shape index (κ1) is 13.4. The Morgan fingerprint density at radius 1 is 1.24 bits per heavy atom. The molecule has 0 spiro atoms. The first-order chi connectivity index (χ1) is 7.86. The molecule has 0 saturated heterocycles. The molecule has 2 bridgehead atoms. The fraction of sp³-hybridized carbons (Fsp3) is 1.00. The van der Waals surface area contributed by atoms with E-state index in [1.54, 1.807) is 0 Å². The van der Waals surface area contributed by atoms with Crippen molar-refractivity contribution in [3.05, 3.63) is 0 Å². The topological polar surface area (TPSA) is 12.0 Å². The van der Waals surface area contributed by atoms with Crippen LogP contribution < -0.4 is 5.32 Å². The normalized spacial score (nSPS) is 39.2. The minimum Gasteiger partial charge on any atom is -0.313 e. The Morgan fingerprint density at radius 2 is 1.94 bits per heavy atom. The van der Waals surface area contributed by atoms with Crippen LogP contribution in [0.5, 0.6) is 0 Å². The van der Waals surface area contributed by atoms with Crippen molar-refractivity contribution in [1.82, 2.24) is 5.32 Å². The van der Waals surface area contributed by atoms with Gasteiger partial charge in [-0.05, 0) is 61.3 Å². The lowest BCUT2D eigenvalue weighted by Gasteiger charge is -2.43. The minimum atomic E-state index is 0.519. The van der Waals surface area contributed by atoms with Crippen LogP contribution in [0.25, 0.3) is 0 Å². The van der Waals surface area contributed by atoms with Crippen molar-refractivity contribution in [2.24, 2.45) is 22.7 Å². The van der Waals surface area contributed by atoms with Gasteiger partial charge in [0.15, 0.2) is 0 Å². The number of hydrogen-bond donors (Lipinski definition) is 1. The van der Waals surface area contributed by atoms with Crippen LogP contribution in [0.1, 0.15) is 66.7 Å². The zero-order valence-electron chi connectivity index (χ0n) is 12.5. The van der Waals surface area contributed by atoms with Crippen molar-refractivity contribution in [3.63, 3.8) is 0 Å². The predicted molar refractivity (Wildman–Crippen MR) is 75.1 cm³/mol. The second-order valence-electron chi connectivity index (χ2n) is 7.84. The van der Waals surface area contributed by atoms with Crippen molar-refractivity contribution in [2.75, 3.05) is 6.54 Å². The molecule has 0 aromatic heterocycles. The van der Waals surface area contributed by atoms with Gasteiger partial charge >= 0.3 is 0 Å². The molecule has 2 saturated carbocycles. The molecular formula is C16H31N. The molecule has 3 atom stereocenters. The van der Waals surface area contributed by atoms with Crippen LogP contribution in [-0.4, -0.2) is 12.6 Å². The fourth-order valence-electron chi connectivity index (χ4n) is 4.57. The van der Waals surface area contributed by atoms with E-state index < -0.39 is 0 Å². The van der Waals surface area contributed by atoms with Crippen LogP contribution in [0.4, 0.5) is 0 Å². The number of rotatable bonds is 5. The molecule has 0 radical (unpaired) electrons. The van der Waals surface area contributed by atoms with E-state index in [1.807, 2.05) is 0 Å². The van der Waals surface area contributed by atoms with Crippen LogP contribution in [-0.2, 0) is 0 Å². The van der Waals surface area contributed by atoms with Gasteiger partial charge in [0.05, 0.1) is 0 Å². The van der Waals surface area contributed by atoms with E-state index in [2.05, 4.69) is 39.9 Å². The van der Waals surface area contributed by atoms with E-state index in [9.17, 15) is 0 Å². The molecule has 2 aliphatic rings. The monoisotopic (exact) mass is 237 g/mol. The Morgan fingerprint density at radius 3 is 2.47 bits per heavy atom. The minimum absolute atomic E-state index is 0.519. The van der Waals surface area contributed by atoms with Crippen molar-refractivity contribution in [3.8, 4) is 0 Å². The lowest BCUT2D eigenvalue weighted by molar-refractivity contribution is 0.109. The van der Waals surface area contributed by atoms with Gasteiger partial charge in [-0.2, -0.15) is 0 Å². The van der Waals surface area contributed by atoms with Crippen LogP contribution >= 0.6 is 0 Å². The molecule has 100 valence electrons. The van der Waals surface area contributed by atoms with E-state index in [0.29, 0.717) is 10.8 Å². The summed E-state index contributed by atoms with van der Waals surface area (Å²) in [5, 5.41) is 3.90. The van der Waals surface area contributed by atoms with Gasteiger partial charge in [0, 0.05) is 6.04 Å². The Labute approximate surface area is 108 Å². The van der Waals surface area contributed by atoms with E-state index in [-0.39, 0.29) is 0 Å². The first-order valence-electron chi connectivity index (χ1n) is 7.59. The average molecular weight is 237 g/mol. The summed E-state index contributed by atoms with van der Waals surface area (Å²) in [6, 6.07) is 0.751. The third kappa shape index (κ3) is 2.41. The largest absolute Gasteiger partial charge is 0.313 e.